The van der Waals surface area contributed by atoms with Crippen LogP contribution >= 0.6 is 0 Å². The van der Waals surface area contributed by atoms with Crippen LogP contribution in [0.1, 0.15) is 0 Å². The van der Waals surface area contributed by atoms with E-state index in [0.717, 1.165) is 0 Å². The van der Waals surface area contributed by atoms with Crippen LogP contribution in [0, 0.1) is 0 Å². The van der Waals surface area contributed by atoms with E-state index in [4.69, 9.17) is 0 Å². The Morgan fingerprint density at radius 2 is 0.714 bits per heavy atom. The first-order chi connectivity index (χ1) is 13.8. The van der Waals surface area contributed by atoms with Crippen molar-refractivity contribution in [2.45, 2.75) is 11.5 Å². The molecule has 2 heteroatoms. The second-order valence-corrected chi connectivity index (χ2v) is 12.4. The van der Waals surface area contributed by atoms with E-state index in [1.807, 2.05) is 0 Å². The van der Waals surface area contributed by atoms with Crippen molar-refractivity contribution in [2.24, 2.45) is 0 Å². The SMILES string of the molecule is [CH3][Ge]([CH3])[c]1ccccc1.c1ccc([B-](c2ccccc2)c2ccccc2)cc1. The molecule has 138 valence electrons. The zero-order valence-electron chi connectivity index (χ0n) is 16.6. The van der Waals surface area contributed by atoms with Gasteiger partial charge in [-0.3, -0.25) is 0 Å². The van der Waals surface area contributed by atoms with Gasteiger partial charge in [0.05, 0.1) is 0 Å². The fourth-order valence-electron chi connectivity index (χ4n) is 3.29. The molecule has 4 rings (SSSR count). The molecule has 0 fully saturated rings. The summed E-state index contributed by atoms with van der Waals surface area (Å²) < 4.78 is 1.58. The molecule has 4 aromatic rings. The van der Waals surface area contributed by atoms with Crippen molar-refractivity contribution in [2.75, 3.05) is 0 Å². The van der Waals surface area contributed by atoms with E-state index in [9.17, 15) is 0 Å². The topological polar surface area (TPSA) is 0 Å². The zero-order chi connectivity index (χ0) is 19.6. The number of benzene rings is 4. The van der Waals surface area contributed by atoms with Crippen LogP contribution in [0.2, 0.25) is 11.5 Å². The van der Waals surface area contributed by atoms with Crippen LogP contribution in [0.15, 0.2) is 121 Å². The van der Waals surface area contributed by atoms with Gasteiger partial charge in [-0.15, -0.1) is 0 Å². The van der Waals surface area contributed by atoms with E-state index in [-0.39, 0.29) is 0 Å². The Hall–Kier alpha value is -2.51. The zero-order valence-corrected chi connectivity index (χ0v) is 18.7. The second kappa shape index (κ2) is 10.7. The van der Waals surface area contributed by atoms with Gasteiger partial charge in [-0.2, -0.15) is 0 Å². The van der Waals surface area contributed by atoms with E-state index < -0.39 is 14.3 Å². The molecule has 28 heavy (non-hydrogen) atoms. The average Bonchev–Trinajstić information content (AvgIpc) is 2.77. The minimum absolute atomic E-state index is 0.309. The summed E-state index contributed by atoms with van der Waals surface area (Å²) in [7, 11) is 0. The summed E-state index contributed by atoms with van der Waals surface area (Å²) >= 11 is -0.766. The first-order valence-corrected chi connectivity index (χ1v) is 15.0. The summed E-state index contributed by atoms with van der Waals surface area (Å²) in [6, 6.07) is 42.8. The van der Waals surface area contributed by atoms with Gasteiger partial charge in [0.1, 0.15) is 0 Å². The Labute approximate surface area is 174 Å². The molecule has 0 saturated heterocycles. The van der Waals surface area contributed by atoms with E-state index in [1.165, 1.54) is 16.4 Å². The third kappa shape index (κ3) is 5.74. The van der Waals surface area contributed by atoms with Gasteiger partial charge in [-0.05, 0) is 6.71 Å². The molecule has 0 heterocycles. The molecule has 0 bridgehead atoms. The van der Waals surface area contributed by atoms with Crippen LogP contribution in [0.5, 0.6) is 0 Å². The van der Waals surface area contributed by atoms with Crippen LogP contribution in [-0.2, 0) is 0 Å². The van der Waals surface area contributed by atoms with Crippen LogP contribution < -0.4 is 20.8 Å². The molecule has 0 saturated carbocycles. The first kappa shape index (κ1) is 20.2. The summed E-state index contributed by atoms with van der Waals surface area (Å²) in [5.41, 5.74) is 4.00. The summed E-state index contributed by atoms with van der Waals surface area (Å²) in [5, 5.41) is 0. The molecule has 0 unspecified atom stereocenters. The maximum absolute atomic E-state index is 2.37. The Balaban J connectivity index is 0.000000211. The Kier molecular flexibility index (Phi) is 7.75. The quantitative estimate of drug-likeness (QED) is 0.439. The van der Waals surface area contributed by atoms with Gasteiger partial charge in [0, 0.05) is 0 Å². The molecule has 0 spiro atoms. The van der Waals surface area contributed by atoms with Crippen molar-refractivity contribution in [1.82, 2.24) is 0 Å². The molecule has 0 aliphatic heterocycles. The standard InChI is InChI=1S/C18H15B.C8H11Ge/c1-4-10-16(11-5-1)19(17-12-6-2-7-13-17)18-14-8-3-9-15-18;1-9(2)8-6-4-3-5-7-8/h1-15H;3-7H,1-2H3/q-1;. The molecular formula is C26H26BGe-. The van der Waals surface area contributed by atoms with E-state index in [2.05, 4.69) is 133 Å². The molecule has 4 aromatic carbocycles. The Bertz CT molecular complexity index is 829. The smallest absolute Gasteiger partial charge is 0.0336 e. The van der Waals surface area contributed by atoms with Gasteiger partial charge >= 0.3 is 60.6 Å². The van der Waals surface area contributed by atoms with Crippen molar-refractivity contribution in [1.29, 1.82) is 0 Å². The van der Waals surface area contributed by atoms with E-state index >= 15 is 0 Å². The third-order valence-electron chi connectivity index (χ3n) is 4.75. The van der Waals surface area contributed by atoms with Crippen molar-refractivity contribution in [3.63, 3.8) is 0 Å². The Morgan fingerprint density at radius 3 is 0.964 bits per heavy atom. The van der Waals surface area contributed by atoms with Gasteiger partial charge in [-0.1, -0.05) is 91.0 Å². The second-order valence-electron chi connectivity index (χ2n) is 7.03. The predicted molar refractivity (Wildman–Crippen MR) is 128 cm³/mol. The fourth-order valence-corrected chi connectivity index (χ4v) is 5.09. The molecule has 0 nitrogen and oxygen atoms in total. The molecule has 0 atom stereocenters. The maximum atomic E-state index is 2.37. The number of hydrogen-bond acceptors (Lipinski definition) is 0. The molecular weight excluding hydrogens is 396 g/mol. The van der Waals surface area contributed by atoms with Gasteiger partial charge in [-0.25, -0.2) is 16.4 Å². The maximum Gasteiger partial charge on any atom is -0.0336 e. The number of hydrogen-bond donors (Lipinski definition) is 0. The van der Waals surface area contributed by atoms with Crippen molar-refractivity contribution in [3.8, 4) is 0 Å². The predicted octanol–water partition coefficient (Wildman–Crippen LogP) is 3.85. The minimum Gasteiger partial charge on any atom is -0.233 e. The molecule has 0 N–H and O–H groups in total. The number of rotatable bonds is 4. The normalized spacial score (nSPS) is 10.4. The van der Waals surface area contributed by atoms with Gasteiger partial charge in [0.2, 0.25) is 0 Å². The van der Waals surface area contributed by atoms with Gasteiger partial charge in [0.15, 0.2) is 0 Å². The van der Waals surface area contributed by atoms with Crippen LogP contribution in [0.25, 0.3) is 0 Å². The van der Waals surface area contributed by atoms with E-state index in [1.54, 1.807) is 4.40 Å². The van der Waals surface area contributed by atoms with Crippen molar-refractivity contribution < 1.29 is 0 Å². The van der Waals surface area contributed by atoms with Crippen molar-refractivity contribution in [3.05, 3.63) is 121 Å². The van der Waals surface area contributed by atoms with Crippen LogP contribution in [0.4, 0.5) is 0 Å². The fraction of sp³-hybridized carbons (Fsp3) is 0.0769. The molecule has 0 aromatic heterocycles. The molecule has 0 amide bonds. The van der Waals surface area contributed by atoms with E-state index in [0.29, 0.717) is 6.71 Å². The third-order valence-corrected chi connectivity index (χ3v) is 7.87. The summed E-state index contributed by atoms with van der Waals surface area (Å²) in [6.07, 6.45) is 0. The summed E-state index contributed by atoms with van der Waals surface area (Å²) in [6.45, 7) is 0.309. The molecule has 2 radical (unpaired) electrons. The summed E-state index contributed by atoms with van der Waals surface area (Å²) in [5.74, 6) is 4.74. The largest absolute Gasteiger partial charge is 0.233 e. The molecule has 0 aliphatic rings. The minimum atomic E-state index is -0.766. The van der Waals surface area contributed by atoms with Gasteiger partial charge < -0.3 is 0 Å². The van der Waals surface area contributed by atoms with Crippen molar-refractivity contribution >= 4 is 41.8 Å². The van der Waals surface area contributed by atoms with Crippen LogP contribution in [0.3, 0.4) is 0 Å². The Morgan fingerprint density at radius 1 is 0.429 bits per heavy atom. The molecule has 0 aliphatic carbocycles. The van der Waals surface area contributed by atoms with Gasteiger partial charge in [0.25, 0.3) is 0 Å². The summed E-state index contributed by atoms with van der Waals surface area (Å²) in [4.78, 5) is 0. The van der Waals surface area contributed by atoms with Crippen LogP contribution in [-0.4, -0.2) is 21.1 Å². The first-order valence-electron chi connectivity index (χ1n) is 9.76. The monoisotopic (exact) mass is 423 g/mol. The average molecular weight is 422 g/mol.